The van der Waals surface area contributed by atoms with E-state index < -0.39 is 0 Å². The number of fused-ring (bicyclic) bond motifs is 1. The molecular formula is C28H37NO2. The van der Waals surface area contributed by atoms with Crippen molar-refractivity contribution in [2.75, 3.05) is 0 Å². The minimum atomic E-state index is -0.0300. The molecule has 0 saturated carbocycles. The summed E-state index contributed by atoms with van der Waals surface area (Å²) in [5.74, 6) is 6.60. The van der Waals surface area contributed by atoms with Gasteiger partial charge in [0, 0.05) is 29.9 Å². The highest BCUT2D eigenvalue weighted by Gasteiger charge is 2.23. The van der Waals surface area contributed by atoms with Crippen LogP contribution >= 0.6 is 0 Å². The molecule has 0 spiro atoms. The average Bonchev–Trinajstić information content (AvgIpc) is 3.05. The molecular weight excluding hydrogens is 382 g/mol. The molecule has 1 heterocycles. The Kier molecular flexibility index (Phi) is 12.0. The van der Waals surface area contributed by atoms with Crippen molar-refractivity contribution < 1.29 is 9.59 Å². The molecule has 1 aliphatic heterocycles. The van der Waals surface area contributed by atoms with E-state index in [0.29, 0.717) is 13.0 Å². The maximum Gasteiger partial charge on any atom is 0.227 e. The van der Waals surface area contributed by atoms with Crippen molar-refractivity contribution in [3.8, 4) is 11.8 Å². The fraction of sp³-hybridized carbons (Fsp3) is 0.429. The highest BCUT2D eigenvalue weighted by atomic mass is 16.2. The van der Waals surface area contributed by atoms with Gasteiger partial charge in [-0.3, -0.25) is 9.59 Å². The third kappa shape index (κ3) is 7.40. The molecule has 166 valence electrons. The van der Waals surface area contributed by atoms with E-state index in [2.05, 4.69) is 17.9 Å². The molecule has 0 fully saturated rings. The van der Waals surface area contributed by atoms with Crippen LogP contribution in [0.1, 0.15) is 78.4 Å². The Morgan fingerprint density at radius 3 is 2.39 bits per heavy atom. The van der Waals surface area contributed by atoms with E-state index in [1.54, 1.807) is 4.90 Å². The summed E-state index contributed by atoms with van der Waals surface area (Å²) in [6, 6.07) is 7.93. The molecule has 1 aliphatic carbocycles. The van der Waals surface area contributed by atoms with Crippen LogP contribution in [-0.2, 0) is 16.1 Å². The van der Waals surface area contributed by atoms with Crippen molar-refractivity contribution in [1.29, 1.82) is 0 Å². The van der Waals surface area contributed by atoms with Crippen molar-refractivity contribution in [2.45, 2.75) is 73.8 Å². The maximum absolute atomic E-state index is 13.1. The van der Waals surface area contributed by atoms with Crippen LogP contribution in [-0.4, -0.2) is 16.6 Å². The summed E-state index contributed by atoms with van der Waals surface area (Å²) in [7, 11) is 0. The van der Waals surface area contributed by atoms with Gasteiger partial charge in [-0.1, -0.05) is 83.7 Å². The zero-order valence-corrected chi connectivity index (χ0v) is 20.0. The van der Waals surface area contributed by atoms with Crippen LogP contribution in [0, 0.1) is 17.8 Å². The number of ketones is 1. The predicted octanol–water partition coefficient (Wildman–Crippen LogP) is 6.60. The van der Waals surface area contributed by atoms with Crippen LogP contribution in [0.15, 0.2) is 59.8 Å². The smallest absolute Gasteiger partial charge is 0.227 e. The molecule has 3 rings (SSSR count). The van der Waals surface area contributed by atoms with E-state index in [4.69, 9.17) is 0 Å². The zero-order chi connectivity index (χ0) is 23.2. The van der Waals surface area contributed by atoms with Crippen LogP contribution in [0.2, 0.25) is 0 Å². The second-order valence-electron chi connectivity index (χ2n) is 7.00. The van der Waals surface area contributed by atoms with Gasteiger partial charge in [0.15, 0.2) is 0 Å². The molecule has 0 saturated heterocycles. The van der Waals surface area contributed by atoms with Crippen molar-refractivity contribution in [1.82, 2.24) is 4.90 Å². The van der Waals surface area contributed by atoms with Gasteiger partial charge in [0.05, 0.1) is 12.2 Å². The summed E-state index contributed by atoms with van der Waals surface area (Å²) in [5, 5.41) is 0. The van der Waals surface area contributed by atoms with Gasteiger partial charge in [-0.15, -0.1) is 0 Å². The fourth-order valence-electron chi connectivity index (χ4n) is 3.19. The Labute approximate surface area is 188 Å². The Bertz CT molecular complexity index is 893. The van der Waals surface area contributed by atoms with Crippen molar-refractivity contribution in [3.63, 3.8) is 0 Å². The SMILES string of the molecule is CC.CC.CCC(C)C(=O)CCC(=O)N1Cc2ccccc2C#CC2=C1C=CCC=C2. The minimum absolute atomic E-state index is 0.00668. The van der Waals surface area contributed by atoms with Gasteiger partial charge in [0.1, 0.15) is 5.78 Å². The van der Waals surface area contributed by atoms with E-state index in [1.807, 2.05) is 84.0 Å². The van der Waals surface area contributed by atoms with E-state index in [-0.39, 0.29) is 24.0 Å². The Morgan fingerprint density at radius 2 is 1.68 bits per heavy atom. The number of benzene rings is 1. The van der Waals surface area contributed by atoms with Crippen molar-refractivity contribution in [2.24, 2.45) is 5.92 Å². The number of amides is 1. The number of rotatable bonds is 5. The molecule has 1 atom stereocenters. The largest absolute Gasteiger partial charge is 0.307 e. The molecule has 0 N–H and O–H groups in total. The second kappa shape index (κ2) is 14.2. The molecule has 3 heteroatoms. The van der Waals surface area contributed by atoms with Crippen LogP contribution in [0.5, 0.6) is 0 Å². The molecule has 0 aromatic heterocycles. The van der Waals surface area contributed by atoms with E-state index in [0.717, 1.165) is 35.2 Å². The molecule has 2 aliphatic rings. The number of carbonyl (C=O) groups excluding carboxylic acids is 2. The average molecular weight is 420 g/mol. The Morgan fingerprint density at radius 1 is 1.00 bits per heavy atom. The topological polar surface area (TPSA) is 37.4 Å². The van der Waals surface area contributed by atoms with Gasteiger partial charge < -0.3 is 4.90 Å². The minimum Gasteiger partial charge on any atom is -0.307 e. The fourth-order valence-corrected chi connectivity index (χ4v) is 3.19. The lowest BCUT2D eigenvalue weighted by molar-refractivity contribution is -0.132. The third-order valence-corrected chi connectivity index (χ3v) is 5.13. The molecule has 1 unspecified atom stereocenters. The summed E-state index contributed by atoms with van der Waals surface area (Å²) in [4.78, 5) is 27.1. The molecule has 1 amide bonds. The first-order valence-electron chi connectivity index (χ1n) is 11.6. The molecule has 0 bridgehead atoms. The number of hydrogen-bond acceptors (Lipinski definition) is 2. The summed E-state index contributed by atoms with van der Waals surface area (Å²) >= 11 is 0. The lowest BCUT2D eigenvalue weighted by Gasteiger charge is -2.26. The predicted molar refractivity (Wildman–Crippen MR) is 130 cm³/mol. The Hall–Kier alpha value is -2.86. The van der Waals surface area contributed by atoms with Gasteiger partial charge in [-0.05, 0) is 36.6 Å². The lowest BCUT2D eigenvalue weighted by Crippen LogP contribution is -2.31. The first kappa shape index (κ1) is 26.2. The summed E-state index contributed by atoms with van der Waals surface area (Å²) in [5.41, 5.74) is 3.64. The number of Topliss-reactive ketones (excluding diaryl/α,β-unsaturated/α-hetero) is 1. The van der Waals surface area contributed by atoms with Gasteiger partial charge in [0.25, 0.3) is 0 Å². The second-order valence-corrected chi connectivity index (χ2v) is 7.00. The highest BCUT2D eigenvalue weighted by Crippen LogP contribution is 2.24. The van der Waals surface area contributed by atoms with Crippen LogP contribution in [0.25, 0.3) is 0 Å². The van der Waals surface area contributed by atoms with Gasteiger partial charge in [0.2, 0.25) is 5.91 Å². The molecule has 1 aromatic rings. The van der Waals surface area contributed by atoms with Gasteiger partial charge in [-0.25, -0.2) is 0 Å². The standard InChI is InChI=1S/C24H25NO2.2C2H6/c1-3-18(2)23(26)15-16-24(27)25-17-21-11-8-7-9-19(21)13-14-20-10-5-4-6-12-22(20)25;2*1-2/h5-12,18H,3-4,15-17H2,1-2H3;2*1-2H3. The van der Waals surface area contributed by atoms with E-state index in [1.165, 1.54) is 0 Å². The molecule has 31 heavy (non-hydrogen) atoms. The Balaban J connectivity index is 0.00000113. The number of carbonyl (C=O) groups is 2. The quantitative estimate of drug-likeness (QED) is 0.504. The van der Waals surface area contributed by atoms with Crippen LogP contribution in [0.3, 0.4) is 0 Å². The van der Waals surface area contributed by atoms with E-state index >= 15 is 0 Å². The molecule has 3 nitrogen and oxygen atoms in total. The highest BCUT2D eigenvalue weighted by molar-refractivity contribution is 5.87. The first-order valence-corrected chi connectivity index (χ1v) is 11.6. The third-order valence-electron chi connectivity index (χ3n) is 5.13. The van der Waals surface area contributed by atoms with Gasteiger partial charge >= 0.3 is 0 Å². The summed E-state index contributed by atoms with van der Waals surface area (Å²) in [6.07, 6.45) is 10.2. The molecule has 0 radical (unpaired) electrons. The monoisotopic (exact) mass is 419 g/mol. The van der Waals surface area contributed by atoms with Crippen LogP contribution < -0.4 is 0 Å². The van der Waals surface area contributed by atoms with Crippen molar-refractivity contribution in [3.05, 3.63) is 71.0 Å². The normalized spacial score (nSPS) is 14.6. The maximum atomic E-state index is 13.1. The number of nitrogens with zero attached hydrogens (tertiary/aromatic N) is 1. The number of allylic oxidation sites excluding steroid dienone is 5. The summed E-state index contributed by atoms with van der Waals surface area (Å²) < 4.78 is 0. The lowest BCUT2D eigenvalue weighted by atomic mass is 9.99. The molecule has 1 aromatic carbocycles. The van der Waals surface area contributed by atoms with Gasteiger partial charge in [-0.2, -0.15) is 0 Å². The zero-order valence-electron chi connectivity index (χ0n) is 20.0. The van der Waals surface area contributed by atoms with Crippen molar-refractivity contribution >= 4 is 11.7 Å². The van der Waals surface area contributed by atoms with Crippen LogP contribution in [0.4, 0.5) is 0 Å². The number of hydrogen-bond donors (Lipinski definition) is 0. The van der Waals surface area contributed by atoms with E-state index in [9.17, 15) is 9.59 Å². The summed E-state index contributed by atoms with van der Waals surface area (Å²) in [6.45, 7) is 12.4. The first-order chi connectivity index (χ1) is 15.1.